The van der Waals surface area contributed by atoms with Crippen molar-refractivity contribution in [3.8, 4) is 0 Å². The summed E-state index contributed by atoms with van der Waals surface area (Å²) in [4.78, 5) is 9.26. The maximum atomic E-state index is 6.23. The lowest BCUT2D eigenvalue weighted by Gasteiger charge is -2.40. The van der Waals surface area contributed by atoms with E-state index in [4.69, 9.17) is 9.47 Å². The standard InChI is InChI=1S/C18H27N3O2/c1-5-19-6-2-15(1)11-20-8-10-23-18-13-21(7-3-16(18)12-20)17-4-9-22-14-17/h1-2,5-6,16-18H,3-4,7-14H2/t16-,17?,18-/m1/s1. The van der Waals surface area contributed by atoms with E-state index in [2.05, 4.69) is 26.9 Å². The average molecular weight is 317 g/mol. The molecular weight excluding hydrogens is 290 g/mol. The topological polar surface area (TPSA) is 37.8 Å². The smallest absolute Gasteiger partial charge is 0.0743 e. The summed E-state index contributed by atoms with van der Waals surface area (Å²) in [6, 6.07) is 4.86. The lowest BCUT2D eigenvalue weighted by atomic mass is 9.92. The lowest BCUT2D eigenvalue weighted by molar-refractivity contribution is -0.0346. The van der Waals surface area contributed by atoms with Crippen LogP contribution in [0.4, 0.5) is 0 Å². The molecule has 3 atom stereocenters. The van der Waals surface area contributed by atoms with E-state index in [1.54, 1.807) is 0 Å². The molecule has 5 heteroatoms. The van der Waals surface area contributed by atoms with E-state index in [0.29, 0.717) is 18.1 Å². The summed E-state index contributed by atoms with van der Waals surface area (Å²) in [6.45, 7) is 8.16. The molecule has 0 aromatic carbocycles. The van der Waals surface area contributed by atoms with Crippen LogP contribution in [-0.4, -0.2) is 72.9 Å². The molecule has 0 bridgehead atoms. The maximum absolute atomic E-state index is 6.23. The van der Waals surface area contributed by atoms with Crippen LogP contribution in [0.15, 0.2) is 24.5 Å². The number of pyridine rings is 1. The summed E-state index contributed by atoms with van der Waals surface area (Å²) in [5, 5.41) is 0. The van der Waals surface area contributed by atoms with E-state index in [-0.39, 0.29) is 0 Å². The number of hydrogen-bond donors (Lipinski definition) is 0. The summed E-state index contributed by atoms with van der Waals surface area (Å²) in [7, 11) is 0. The van der Waals surface area contributed by atoms with Crippen LogP contribution in [0.25, 0.3) is 0 Å². The van der Waals surface area contributed by atoms with Gasteiger partial charge >= 0.3 is 0 Å². The predicted octanol–water partition coefficient (Wildman–Crippen LogP) is 1.39. The molecule has 1 aromatic heterocycles. The van der Waals surface area contributed by atoms with Gasteiger partial charge in [0, 0.05) is 57.1 Å². The highest BCUT2D eigenvalue weighted by Gasteiger charge is 2.36. The van der Waals surface area contributed by atoms with Gasteiger partial charge in [0.1, 0.15) is 0 Å². The Morgan fingerprint density at radius 2 is 2.00 bits per heavy atom. The van der Waals surface area contributed by atoms with Crippen LogP contribution in [0.5, 0.6) is 0 Å². The van der Waals surface area contributed by atoms with E-state index >= 15 is 0 Å². The molecule has 4 rings (SSSR count). The van der Waals surface area contributed by atoms with Gasteiger partial charge in [0.2, 0.25) is 0 Å². The predicted molar refractivity (Wildman–Crippen MR) is 88.2 cm³/mol. The second kappa shape index (κ2) is 7.26. The van der Waals surface area contributed by atoms with Crippen LogP contribution in [0.2, 0.25) is 0 Å². The molecular formula is C18H27N3O2. The van der Waals surface area contributed by atoms with Gasteiger partial charge in [0.05, 0.1) is 19.3 Å². The van der Waals surface area contributed by atoms with Crippen LogP contribution >= 0.6 is 0 Å². The first-order chi connectivity index (χ1) is 11.4. The fourth-order valence-corrected chi connectivity index (χ4v) is 4.17. The van der Waals surface area contributed by atoms with Crippen molar-refractivity contribution in [3.63, 3.8) is 0 Å². The fourth-order valence-electron chi connectivity index (χ4n) is 4.17. The Morgan fingerprint density at radius 1 is 1.09 bits per heavy atom. The lowest BCUT2D eigenvalue weighted by Crippen LogP contribution is -2.50. The molecule has 3 aliphatic heterocycles. The zero-order valence-corrected chi connectivity index (χ0v) is 13.8. The van der Waals surface area contributed by atoms with Gasteiger partial charge in [-0.05, 0) is 37.1 Å². The Kier molecular flexibility index (Phi) is 4.90. The van der Waals surface area contributed by atoms with Crippen LogP contribution in [-0.2, 0) is 16.0 Å². The van der Waals surface area contributed by atoms with Gasteiger partial charge in [-0.2, -0.15) is 0 Å². The van der Waals surface area contributed by atoms with E-state index in [9.17, 15) is 0 Å². The average Bonchev–Trinajstić information content (AvgIpc) is 3.04. The highest BCUT2D eigenvalue weighted by molar-refractivity contribution is 5.09. The zero-order valence-electron chi connectivity index (χ0n) is 13.8. The highest BCUT2D eigenvalue weighted by Crippen LogP contribution is 2.27. The van der Waals surface area contributed by atoms with Gasteiger partial charge in [-0.25, -0.2) is 0 Å². The molecule has 3 fully saturated rings. The van der Waals surface area contributed by atoms with Gasteiger partial charge < -0.3 is 9.47 Å². The first-order valence-electron chi connectivity index (χ1n) is 8.93. The number of likely N-dealkylation sites (tertiary alicyclic amines) is 1. The number of aromatic nitrogens is 1. The van der Waals surface area contributed by atoms with Crippen LogP contribution in [0.3, 0.4) is 0 Å². The molecule has 126 valence electrons. The largest absolute Gasteiger partial charge is 0.380 e. The van der Waals surface area contributed by atoms with Crippen LogP contribution in [0.1, 0.15) is 18.4 Å². The Balaban J connectivity index is 1.35. The fraction of sp³-hybridized carbons (Fsp3) is 0.722. The minimum absolute atomic E-state index is 0.395. The quantitative estimate of drug-likeness (QED) is 0.842. The molecule has 23 heavy (non-hydrogen) atoms. The third kappa shape index (κ3) is 3.74. The second-order valence-corrected chi connectivity index (χ2v) is 7.06. The monoisotopic (exact) mass is 317 g/mol. The van der Waals surface area contributed by atoms with Gasteiger partial charge in [0.15, 0.2) is 0 Å². The molecule has 0 saturated carbocycles. The maximum Gasteiger partial charge on any atom is 0.0743 e. The van der Waals surface area contributed by atoms with Crippen LogP contribution < -0.4 is 0 Å². The van der Waals surface area contributed by atoms with E-state index in [0.717, 1.165) is 46.0 Å². The molecule has 4 heterocycles. The molecule has 0 amide bonds. The normalized spacial score (nSPS) is 33.3. The van der Waals surface area contributed by atoms with Crippen molar-refractivity contribution in [2.24, 2.45) is 5.92 Å². The number of nitrogens with zero attached hydrogens (tertiary/aromatic N) is 3. The molecule has 3 aliphatic rings. The highest BCUT2D eigenvalue weighted by atomic mass is 16.5. The van der Waals surface area contributed by atoms with E-state index in [1.807, 2.05) is 12.4 Å². The first-order valence-corrected chi connectivity index (χ1v) is 8.93. The van der Waals surface area contributed by atoms with E-state index < -0.39 is 0 Å². The molecule has 0 radical (unpaired) electrons. The third-order valence-corrected chi connectivity index (χ3v) is 5.54. The minimum Gasteiger partial charge on any atom is -0.380 e. The molecule has 0 aliphatic carbocycles. The SMILES string of the molecule is c1cc(CN2CCO[C@@H]3CN(C4CCOC4)CC[C@@H]3C2)ccn1. The Hall–Kier alpha value is -1.01. The van der Waals surface area contributed by atoms with Crippen molar-refractivity contribution in [1.82, 2.24) is 14.8 Å². The van der Waals surface area contributed by atoms with Crippen molar-refractivity contribution < 1.29 is 9.47 Å². The van der Waals surface area contributed by atoms with E-state index in [1.165, 1.54) is 24.9 Å². The molecule has 1 aromatic rings. The summed E-state index contributed by atoms with van der Waals surface area (Å²) < 4.78 is 11.8. The van der Waals surface area contributed by atoms with Crippen molar-refractivity contribution >= 4 is 0 Å². The third-order valence-electron chi connectivity index (χ3n) is 5.54. The molecule has 1 unspecified atom stereocenters. The minimum atomic E-state index is 0.395. The van der Waals surface area contributed by atoms with Gasteiger partial charge in [-0.3, -0.25) is 14.8 Å². The number of fused-ring (bicyclic) bond motifs is 1. The number of ether oxygens (including phenoxy) is 2. The van der Waals surface area contributed by atoms with Crippen molar-refractivity contribution in [3.05, 3.63) is 30.1 Å². The molecule has 3 saturated heterocycles. The molecule has 5 nitrogen and oxygen atoms in total. The first kappa shape index (κ1) is 15.5. The zero-order chi connectivity index (χ0) is 15.5. The number of hydrogen-bond acceptors (Lipinski definition) is 5. The van der Waals surface area contributed by atoms with Crippen LogP contribution in [0, 0.1) is 5.92 Å². The number of rotatable bonds is 3. The molecule has 0 spiro atoms. The summed E-state index contributed by atoms with van der Waals surface area (Å²) in [6.07, 6.45) is 6.59. The van der Waals surface area contributed by atoms with Gasteiger partial charge in [0.25, 0.3) is 0 Å². The summed E-state index contributed by atoms with van der Waals surface area (Å²) in [5.74, 6) is 0.665. The second-order valence-electron chi connectivity index (χ2n) is 7.06. The summed E-state index contributed by atoms with van der Waals surface area (Å²) >= 11 is 0. The van der Waals surface area contributed by atoms with Crippen molar-refractivity contribution in [1.29, 1.82) is 0 Å². The Labute approximate surface area is 138 Å². The van der Waals surface area contributed by atoms with Crippen molar-refractivity contribution in [2.45, 2.75) is 31.5 Å². The van der Waals surface area contributed by atoms with Gasteiger partial charge in [-0.15, -0.1) is 0 Å². The Morgan fingerprint density at radius 3 is 2.83 bits per heavy atom. The Bertz CT molecular complexity index is 492. The number of piperidine rings is 1. The van der Waals surface area contributed by atoms with Crippen molar-refractivity contribution in [2.75, 3.05) is 46.0 Å². The molecule has 0 N–H and O–H groups in total. The van der Waals surface area contributed by atoms with Gasteiger partial charge in [-0.1, -0.05) is 0 Å². The summed E-state index contributed by atoms with van der Waals surface area (Å²) in [5.41, 5.74) is 1.35.